The van der Waals surface area contributed by atoms with E-state index in [2.05, 4.69) is 15.0 Å². The second-order valence-electron chi connectivity index (χ2n) is 5.34. The smallest absolute Gasteiger partial charge is 0.337 e. The highest BCUT2D eigenvalue weighted by Gasteiger charge is 2.16. The number of hydrogen-bond donors (Lipinski definition) is 2. The lowest BCUT2D eigenvalue weighted by Gasteiger charge is -2.06. The van der Waals surface area contributed by atoms with Crippen LogP contribution in [-0.2, 0) is 4.74 Å². The quantitative estimate of drug-likeness (QED) is 0.722. The maximum atomic E-state index is 13.4. The maximum absolute atomic E-state index is 13.4. The molecule has 122 valence electrons. The Morgan fingerprint density at radius 3 is 2.71 bits per heavy atom. The molecule has 1 amide bonds. The summed E-state index contributed by atoms with van der Waals surface area (Å²) in [6, 6.07) is 10.7. The number of aryl methyl sites for hydroxylation is 1. The molecule has 1 heterocycles. The van der Waals surface area contributed by atoms with E-state index in [1.54, 1.807) is 31.2 Å². The highest BCUT2D eigenvalue weighted by atomic mass is 19.1. The van der Waals surface area contributed by atoms with Crippen molar-refractivity contribution in [3.8, 4) is 0 Å². The van der Waals surface area contributed by atoms with Crippen molar-refractivity contribution >= 4 is 28.5 Å². The summed E-state index contributed by atoms with van der Waals surface area (Å²) in [7, 11) is 1.29. The predicted molar refractivity (Wildman–Crippen MR) is 88.7 cm³/mol. The van der Waals surface area contributed by atoms with Gasteiger partial charge in [-0.15, -0.1) is 0 Å². The number of fused-ring (bicyclic) bond motifs is 1. The molecule has 0 aliphatic rings. The first-order chi connectivity index (χ1) is 11.5. The molecule has 0 fully saturated rings. The van der Waals surface area contributed by atoms with Crippen LogP contribution in [0, 0.1) is 12.7 Å². The Morgan fingerprint density at radius 1 is 1.17 bits per heavy atom. The Morgan fingerprint density at radius 2 is 1.96 bits per heavy atom. The molecule has 2 N–H and O–H groups in total. The summed E-state index contributed by atoms with van der Waals surface area (Å²) in [5.41, 5.74) is 2.49. The standard InChI is InChI=1S/C18H15FN2O3/c1-10-14-9-12(19)6-7-15(14)21-16(10)17(22)20-13-5-3-4-11(8-13)18(23)24-2/h3-9,21H,1-2H3,(H,20,22). The van der Waals surface area contributed by atoms with Gasteiger partial charge in [-0.2, -0.15) is 0 Å². The Bertz CT molecular complexity index is 947. The van der Waals surface area contributed by atoms with Crippen molar-refractivity contribution < 1.29 is 18.7 Å². The first kappa shape index (κ1) is 15.7. The molecule has 3 aromatic rings. The van der Waals surface area contributed by atoms with Crippen LogP contribution >= 0.6 is 0 Å². The third kappa shape index (κ3) is 2.86. The number of anilines is 1. The van der Waals surface area contributed by atoms with Crippen LogP contribution in [0.5, 0.6) is 0 Å². The number of halogens is 1. The number of nitrogens with one attached hydrogen (secondary N) is 2. The van der Waals surface area contributed by atoms with Gasteiger partial charge in [0.2, 0.25) is 0 Å². The molecule has 0 bridgehead atoms. The lowest BCUT2D eigenvalue weighted by molar-refractivity contribution is 0.0600. The Hall–Kier alpha value is -3.15. The number of H-pyrrole nitrogens is 1. The van der Waals surface area contributed by atoms with Crippen LogP contribution < -0.4 is 5.32 Å². The number of ether oxygens (including phenoxy) is 1. The van der Waals surface area contributed by atoms with Gasteiger partial charge in [0.25, 0.3) is 5.91 Å². The number of aromatic nitrogens is 1. The van der Waals surface area contributed by atoms with Crippen LogP contribution in [-0.4, -0.2) is 24.0 Å². The summed E-state index contributed by atoms with van der Waals surface area (Å²) >= 11 is 0. The zero-order valence-electron chi connectivity index (χ0n) is 13.1. The molecule has 0 aliphatic carbocycles. The summed E-state index contributed by atoms with van der Waals surface area (Å²) in [5, 5.41) is 3.38. The molecule has 6 heteroatoms. The van der Waals surface area contributed by atoms with Crippen molar-refractivity contribution in [2.45, 2.75) is 6.92 Å². The normalized spacial score (nSPS) is 10.6. The van der Waals surface area contributed by atoms with Gasteiger partial charge >= 0.3 is 5.97 Å². The number of benzene rings is 2. The monoisotopic (exact) mass is 326 g/mol. The molecule has 3 rings (SSSR count). The summed E-state index contributed by atoms with van der Waals surface area (Å²) < 4.78 is 18.0. The van der Waals surface area contributed by atoms with Crippen molar-refractivity contribution in [3.05, 3.63) is 65.1 Å². The first-order valence-electron chi connectivity index (χ1n) is 7.27. The molecule has 0 unspecified atom stereocenters. The van der Waals surface area contributed by atoms with E-state index in [9.17, 15) is 14.0 Å². The zero-order chi connectivity index (χ0) is 17.3. The minimum Gasteiger partial charge on any atom is -0.465 e. The van der Waals surface area contributed by atoms with Crippen LogP contribution in [0.3, 0.4) is 0 Å². The minimum absolute atomic E-state index is 0.339. The molecular weight excluding hydrogens is 311 g/mol. The van der Waals surface area contributed by atoms with Crippen LogP contribution in [0.2, 0.25) is 0 Å². The number of esters is 1. The van der Waals surface area contributed by atoms with Crippen molar-refractivity contribution in [1.29, 1.82) is 0 Å². The fraction of sp³-hybridized carbons (Fsp3) is 0.111. The largest absolute Gasteiger partial charge is 0.465 e. The molecular formula is C18H15FN2O3. The fourth-order valence-corrected chi connectivity index (χ4v) is 2.56. The highest BCUT2D eigenvalue weighted by molar-refractivity contribution is 6.08. The molecule has 0 saturated carbocycles. The van der Waals surface area contributed by atoms with Gasteiger partial charge in [-0.25, -0.2) is 9.18 Å². The number of carbonyl (C=O) groups is 2. The van der Waals surface area contributed by atoms with Crippen molar-refractivity contribution in [3.63, 3.8) is 0 Å². The molecule has 5 nitrogen and oxygen atoms in total. The van der Waals surface area contributed by atoms with Crippen molar-refractivity contribution in [2.24, 2.45) is 0 Å². The molecule has 0 spiro atoms. The Kier molecular flexibility index (Phi) is 4.04. The second-order valence-corrected chi connectivity index (χ2v) is 5.34. The van der Waals surface area contributed by atoms with Gasteiger partial charge in [0, 0.05) is 16.6 Å². The van der Waals surface area contributed by atoms with E-state index in [0.29, 0.717) is 33.4 Å². The lowest BCUT2D eigenvalue weighted by atomic mass is 10.1. The van der Waals surface area contributed by atoms with E-state index in [0.717, 1.165) is 0 Å². The number of hydrogen-bond acceptors (Lipinski definition) is 3. The van der Waals surface area contributed by atoms with E-state index >= 15 is 0 Å². The van der Waals surface area contributed by atoms with Crippen molar-refractivity contribution in [2.75, 3.05) is 12.4 Å². The molecule has 0 aliphatic heterocycles. The van der Waals surface area contributed by atoms with E-state index in [4.69, 9.17) is 0 Å². The number of aromatic amines is 1. The SMILES string of the molecule is COC(=O)c1cccc(NC(=O)c2[nH]c3ccc(F)cc3c2C)c1. The van der Waals surface area contributed by atoms with Crippen LogP contribution in [0.15, 0.2) is 42.5 Å². The zero-order valence-corrected chi connectivity index (χ0v) is 13.1. The summed E-state index contributed by atoms with van der Waals surface area (Å²) in [6.45, 7) is 1.75. The van der Waals surface area contributed by atoms with Crippen LogP contribution in [0.1, 0.15) is 26.4 Å². The summed E-state index contributed by atoms with van der Waals surface area (Å²) in [4.78, 5) is 27.0. The first-order valence-corrected chi connectivity index (χ1v) is 7.27. The second kappa shape index (κ2) is 6.16. The van der Waals surface area contributed by atoms with Crippen LogP contribution in [0.25, 0.3) is 10.9 Å². The number of amides is 1. The predicted octanol–water partition coefficient (Wildman–Crippen LogP) is 3.65. The molecule has 1 aromatic heterocycles. The maximum Gasteiger partial charge on any atom is 0.337 e. The van der Waals surface area contributed by atoms with Crippen LogP contribution in [0.4, 0.5) is 10.1 Å². The highest BCUT2D eigenvalue weighted by Crippen LogP contribution is 2.23. The minimum atomic E-state index is -0.483. The van der Waals surface area contributed by atoms with Gasteiger partial charge < -0.3 is 15.0 Å². The van der Waals surface area contributed by atoms with E-state index < -0.39 is 5.97 Å². The molecule has 2 aromatic carbocycles. The fourth-order valence-electron chi connectivity index (χ4n) is 2.56. The Balaban J connectivity index is 1.90. The summed E-state index contributed by atoms with van der Waals surface area (Å²) in [6.07, 6.45) is 0. The van der Waals surface area contributed by atoms with Gasteiger partial charge in [-0.3, -0.25) is 4.79 Å². The van der Waals surface area contributed by atoms with Gasteiger partial charge in [0.15, 0.2) is 0 Å². The van der Waals surface area contributed by atoms with Crippen molar-refractivity contribution in [1.82, 2.24) is 4.98 Å². The van der Waals surface area contributed by atoms with E-state index in [1.807, 2.05) is 0 Å². The molecule has 24 heavy (non-hydrogen) atoms. The lowest BCUT2D eigenvalue weighted by Crippen LogP contribution is -2.14. The van der Waals surface area contributed by atoms with E-state index in [-0.39, 0.29) is 11.7 Å². The molecule has 0 atom stereocenters. The topological polar surface area (TPSA) is 71.2 Å². The molecule has 0 radical (unpaired) electrons. The third-order valence-corrected chi connectivity index (χ3v) is 3.79. The Labute approximate surface area is 137 Å². The number of methoxy groups -OCH3 is 1. The average molecular weight is 326 g/mol. The van der Waals surface area contributed by atoms with Gasteiger partial charge in [0.1, 0.15) is 11.5 Å². The average Bonchev–Trinajstić information content (AvgIpc) is 2.91. The number of rotatable bonds is 3. The number of carbonyl (C=O) groups excluding carboxylic acids is 2. The third-order valence-electron chi connectivity index (χ3n) is 3.79. The molecule has 0 saturated heterocycles. The van der Waals surface area contributed by atoms with Gasteiger partial charge in [0.05, 0.1) is 12.7 Å². The summed E-state index contributed by atoms with van der Waals surface area (Å²) in [5.74, 6) is -1.21. The van der Waals surface area contributed by atoms with Gasteiger partial charge in [-0.05, 0) is 48.9 Å². The van der Waals surface area contributed by atoms with E-state index in [1.165, 1.54) is 25.3 Å². The van der Waals surface area contributed by atoms with Gasteiger partial charge in [-0.1, -0.05) is 6.07 Å².